The van der Waals surface area contributed by atoms with Crippen LogP contribution in [0.5, 0.6) is 0 Å². The third-order valence-corrected chi connectivity index (χ3v) is 6.27. The highest BCUT2D eigenvalue weighted by Crippen LogP contribution is 2.32. The number of rotatable bonds is 6. The number of benzene rings is 1. The van der Waals surface area contributed by atoms with Gasteiger partial charge in [0.05, 0.1) is 0 Å². The Bertz CT molecular complexity index is 273. The maximum absolute atomic E-state index is 2.48. The lowest BCUT2D eigenvalue weighted by Crippen LogP contribution is -1.86. The van der Waals surface area contributed by atoms with Crippen LogP contribution in [0.25, 0.3) is 0 Å². The summed E-state index contributed by atoms with van der Waals surface area (Å²) < 4.78 is 1.44. The summed E-state index contributed by atoms with van der Waals surface area (Å²) >= 11 is 6.43. The molecule has 84 valence electrons. The van der Waals surface area contributed by atoms with Gasteiger partial charge >= 0.3 is 0 Å². The second-order valence-electron chi connectivity index (χ2n) is 3.27. The highest BCUT2D eigenvalue weighted by molar-refractivity contribution is 14.1. The van der Waals surface area contributed by atoms with E-state index in [1.54, 1.807) is 0 Å². The molecule has 3 heteroatoms. The van der Waals surface area contributed by atoms with Crippen molar-refractivity contribution in [2.24, 2.45) is 0 Å². The van der Waals surface area contributed by atoms with E-state index in [1.807, 2.05) is 23.5 Å². The minimum atomic E-state index is 1.22. The van der Waals surface area contributed by atoms with Crippen molar-refractivity contribution in [2.45, 2.75) is 36.5 Å². The normalized spacial score (nSPS) is 10.6. The van der Waals surface area contributed by atoms with Crippen molar-refractivity contribution in [1.82, 2.24) is 0 Å². The molecule has 0 bridgehead atoms. The average Bonchev–Trinajstić information content (AvgIpc) is 2.26. The SMILES string of the molecule is CCCSc1cccc(SCCC)c1I. The average molecular weight is 352 g/mol. The van der Waals surface area contributed by atoms with Gasteiger partial charge in [-0.3, -0.25) is 0 Å². The van der Waals surface area contributed by atoms with E-state index in [9.17, 15) is 0 Å². The molecule has 0 spiro atoms. The minimum absolute atomic E-state index is 1.22. The Morgan fingerprint density at radius 2 is 1.47 bits per heavy atom. The van der Waals surface area contributed by atoms with E-state index in [2.05, 4.69) is 54.6 Å². The van der Waals surface area contributed by atoms with Crippen molar-refractivity contribution < 1.29 is 0 Å². The lowest BCUT2D eigenvalue weighted by Gasteiger charge is -2.08. The molecule has 0 atom stereocenters. The van der Waals surface area contributed by atoms with E-state index in [4.69, 9.17) is 0 Å². The molecule has 0 unspecified atom stereocenters. The van der Waals surface area contributed by atoms with Crippen LogP contribution < -0.4 is 0 Å². The molecule has 0 saturated carbocycles. The van der Waals surface area contributed by atoms with Gasteiger partial charge in [0.2, 0.25) is 0 Å². The molecule has 0 heterocycles. The molecule has 0 saturated heterocycles. The summed E-state index contributed by atoms with van der Waals surface area (Å²) in [4.78, 5) is 2.89. The highest BCUT2D eigenvalue weighted by atomic mass is 127. The van der Waals surface area contributed by atoms with E-state index in [0.29, 0.717) is 0 Å². The molecular formula is C12H17IS2. The van der Waals surface area contributed by atoms with E-state index in [-0.39, 0.29) is 0 Å². The second-order valence-corrected chi connectivity index (χ2v) is 6.62. The first kappa shape index (κ1) is 13.7. The Morgan fingerprint density at radius 3 is 1.87 bits per heavy atom. The van der Waals surface area contributed by atoms with E-state index in [0.717, 1.165) is 0 Å². The molecule has 0 nitrogen and oxygen atoms in total. The van der Waals surface area contributed by atoms with Crippen LogP contribution in [0.1, 0.15) is 26.7 Å². The quantitative estimate of drug-likeness (QED) is 0.504. The maximum atomic E-state index is 2.48. The van der Waals surface area contributed by atoms with Gasteiger partial charge in [-0.15, -0.1) is 23.5 Å². The standard InChI is InChI=1S/C12H17IS2/c1-3-8-14-10-6-5-7-11(12(10)13)15-9-4-2/h5-7H,3-4,8-9H2,1-2H3. The zero-order valence-corrected chi connectivity index (χ0v) is 13.0. The van der Waals surface area contributed by atoms with Gasteiger partial charge in [-0.2, -0.15) is 0 Å². The number of hydrogen-bond donors (Lipinski definition) is 0. The molecule has 0 fully saturated rings. The van der Waals surface area contributed by atoms with Crippen LogP contribution in [0.15, 0.2) is 28.0 Å². The summed E-state index contributed by atoms with van der Waals surface area (Å²) in [7, 11) is 0. The molecule has 0 aliphatic rings. The Kier molecular flexibility index (Phi) is 7.17. The van der Waals surface area contributed by atoms with Crippen LogP contribution in [-0.2, 0) is 0 Å². The van der Waals surface area contributed by atoms with Crippen LogP contribution in [0.3, 0.4) is 0 Å². The Morgan fingerprint density at radius 1 is 1.00 bits per heavy atom. The van der Waals surface area contributed by atoms with Gasteiger partial charge in [0.1, 0.15) is 0 Å². The molecule has 1 aromatic carbocycles. The van der Waals surface area contributed by atoms with Gasteiger partial charge < -0.3 is 0 Å². The first-order chi connectivity index (χ1) is 7.29. The van der Waals surface area contributed by atoms with E-state index in [1.165, 1.54) is 37.7 Å². The summed E-state index contributed by atoms with van der Waals surface area (Å²) in [5.74, 6) is 2.44. The zero-order chi connectivity index (χ0) is 11.1. The van der Waals surface area contributed by atoms with Crippen molar-refractivity contribution in [3.05, 3.63) is 21.8 Å². The molecule has 0 aliphatic carbocycles. The lowest BCUT2D eigenvalue weighted by atomic mass is 10.4. The third kappa shape index (κ3) is 4.57. The van der Waals surface area contributed by atoms with Gasteiger partial charge in [-0.1, -0.05) is 19.9 Å². The second kappa shape index (κ2) is 7.85. The van der Waals surface area contributed by atoms with Crippen molar-refractivity contribution in [3.8, 4) is 0 Å². The fraction of sp³-hybridized carbons (Fsp3) is 0.500. The maximum Gasteiger partial charge on any atom is 0.0402 e. The molecule has 0 aromatic heterocycles. The smallest absolute Gasteiger partial charge is 0.0402 e. The largest absolute Gasteiger partial charge is 0.125 e. The fourth-order valence-corrected chi connectivity index (χ4v) is 4.17. The van der Waals surface area contributed by atoms with Crippen molar-refractivity contribution in [3.63, 3.8) is 0 Å². The zero-order valence-electron chi connectivity index (χ0n) is 9.25. The summed E-state index contributed by atoms with van der Waals surface area (Å²) in [6.45, 7) is 4.46. The molecule has 0 radical (unpaired) electrons. The highest BCUT2D eigenvalue weighted by Gasteiger charge is 2.05. The Labute approximate surface area is 115 Å². The summed E-state index contributed by atoms with van der Waals surface area (Å²) in [5.41, 5.74) is 0. The molecule has 0 N–H and O–H groups in total. The van der Waals surface area contributed by atoms with E-state index >= 15 is 0 Å². The van der Waals surface area contributed by atoms with Crippen LogP contribution in [-0.4, -0.2) is 11.5 Å². The van der Waals surface area contributed by atoms with Crippen molar-refractivity contribution in [1.29, 1.82) is 0 Å². The van der Waals surface area contributed by atoms with Gasteiger partial charge in [-0.05, 0) is 59.1 Å². The monoisotopic (exact) mass is 352 g/mol. The summed E-state index contributed by atoms with van der Waals surface area (Å²) in [6.07, 6.45) is 2.49. The van der Waals surface area contributed by atoms with Crippen molar-refractivity contribution in [2.75, 3.05) is 11.5 Å². The molecule has 0 aliphatic heterocycles. The predicted molar refractivity (Wildman–Crippen MR) is 81.2 cm³/mol. The van der Waals surface area contributed by atoms with Crippen LogP contribution in [0, 0.1) is 3.57 Å². The Hall–Kier alpha value is 0.650. The number of halogens is 1. The molecular weight excluding hydrogens is 335 g/mol. The van der Waals surface area contributed by atoms with Crippen molar-refractivity contribution >= 4 is 46.1 Å². The molecule has 1 rings (SSSR count). The van der Waals surface area contributed by atoms with Crippen LogP contribution >= 0.6 is 46.1 Å². The topological polar surface area (TPSA) is 0 Å². The summed E-state index contributed by atoms with van der Waals surface area (Å²) in [5, 5.41) is 0. The number of thioether (sulfide) groups is 2. The first-order valence-electron chi connectivity index (χ1n) is 5.33. The molecule has 0 amide bonds. The van der Waals surface area contributed by atoms with Gasteiger partial charge in [-0.25, -0.2) is 0 Å². The van der Waals surface area contributed by atoms with E-state index < -0.39 is 0 Å². The third-order valence-electron chi connectivity index (χ3n) is 1.85. The Balaban J connectivity index is 2.71. The van der Waals surface area contributed by atoms with Gasteiger partial charge in [0.15, 0.2) is 0 Å². The lowest BCUT2D eigenvalue weighted by molar-refractivity contribution is 1.10. The number of hydrogen-bond acceptors (Lipinski definition) is 2. The van der Waals surface area contributed by atoms with Gasteiger partial charge in [0.25, 0.3) is 0 Å². The van der Waals surface area contributed by atoms with Crippen LogP contribution in [0.4, 0.5) is 0 Å². The first-order valence-corrected chi connectivity index (χ1v) is 8.38. The minimum Gasteiger partial charge on any atom is -0.125 e. The van der Waals surface area contributed by atoms with Crippen LogP contribution in [0.2, 0.25) is 0 Å². The molecule has 1 aromatic rings. The predicted octanol–water partition coefficient (Wildman–Crippen LogP) is 5.30. The fourth-order valence-electron chi connectivity index (χ4n) is 1.14. The summed E-state index contributed by atoms with van der Waals surface area (Å²) in [6, 6.07) is 6.65. The van der Waals surface area contributed by atoms with Gasteiger partial charge in [0, 0.05) is 13.4 Å². The molecule has 15 heavy (non-hydrogen) atoms.